The average Bonchev–Trinajstić information content (AvgIpc) is 2.37. The summed E-state index contributed by atoms with van der Waals surface area (Å²) >= 11 is 0. The highest BCUT2D eigenvalue weighted by Crippen LogP contribution is 2.18. The van der Waals surface area contributed by atoms with Crippen LogP contribution in [-0.4, -0.2) is 18.6 Å². The van der Waals surface area contributed by atoms with Crippen molar-refractivity contribution in [3.05, 3.63) is 29.8 Å². The third kappa shape index (κ3) is 3.08. The fourth-order valence-electron chi connectivity index (χ4n) is 1.35. The topological polar surface area (TPSA) is 38.3 Å². The van der Waals surface area contributed by atoms with Crippen LogP contribution in [0.1, 0.15) is 25.8 Å². The number of amides is 1. The summed E-state index contributed by atoms with van der Waals surface area (Å²) in [5, 5.41) is 2.80. The van der Waals surface area contributed by atoms with Gasteiger partial charge in [0.15, 0.2) is 0 Å². The number of nitrogens with one attached hydrogen (secondary N) is 1. The Morgan fingerprint density at radius 3 is 2.82 bits per heavy atom. The zero-order valence-electron chi connectivity index (χ0n) is 10.4. The summed E-state index contributed by atoms with van der Waals surface area (Å²) < 4.78 is 5.23. The van der Waals surface area contributed by atoms with Crippen molar-refractivity contribution in [2.24, 2.45) is 0 Å². The summed E-state index contributed by atoms with van der Waals surface area (Å²) in [7, 11) is 1.53. The molecule has 0 radical (unpaired) electrons. The number of benzene rings is 1. The largest absolute Gasteiger partial charge is 0.369 e. The van der Waals surface area contributed by atoms with Crippen molar-refractivity contribution in [3.8, 4) is 12.3 Å². The molecule has 3 nitrogen and oxygen atoms in total. The van der Waals surface area contributed by atoms with E-state index in [9.17, 15) is 4.79 Å². The molecule has 0 aliphatic rings. The van der Waals surface area contributed by atoms with Crippen LogP contribution in [0.5, 0.6) is 0 Å². The van der Waals surface area contributed by atoms with Crippen molar-refractivity contribution >= 4 is 11.6 Å². The number of terminal acetylenes is 1. The maximum atomic E-state index is 12.0. The molecule has 1 aromatic rings. The molecule has 1 atom stereocenters. The van der Waals surface area contributed by atoms with Gasteiger partial charge in [0.1, 0.15) is 5.60 Å². The molecule has 0 heterocycles. The molecule has 0 fully saturated rings. The van der Waals surface area contributed by atoms with Crippen LogP contribution < -0.4 is 5.32 Å². The number of carbonyl (C=O) groups is 1. The minimum Gasteiger partial charge on any atom is -0.369 e. The van der Waals surface area contributed by atoms with Gasteiger partial charge < -0.3 is 10.1 Å². The van der Waals surface area contributed by atoms with Crippen LogP contribution in [0.25, 0.3) is 0 Å². The monoisotopic (exact) mass is 231 g/mol. The first kappa shape index (κ1) is 13.3. The predicted molar refractivity (Wildman–Crippen MR) is 68.7 cm³/mol. The van der Waals surface area contributed by atoms with Crippen molar-refractivity contribution in [2.45, 2.75) is 25.9 Å². The fourth-order valence-corrected chi connectivity index (χ4v) is 1.35. The minimum atomic E-state index is -0.813. The van der Waals surface area contributed by atoms with Crippen molar-refractivity contribution in [1.29, 1.82) is 0 Å². The second-order valence-electron chi connectivity index (χ2n) is 3.97. The summed E-state index contributed by atoms with van der Waals surface area (Å²) in [4.78, 5) is 12.0. The average molecular weight is 231 g/mol. The van der Waals surface area contributed by atoms with Gasteiger partial charge in [-0.1, -0.05) is 18.9 Å². The van der Waals surface area contributed by atoms with Crippen molar-refractivity contribution in [3.63, 3.8) is 0 Å². The first-order valence-electron chi connectivity index (χ1n) is 5.49. The Labute approximate surface area is 102 Å². The van der Waals surface area contributed by atoms with Gasteiger partial charge in [-0.25, -0.2) is 0 Å². The van der Waals surface area contributed by atoms with E-state index in [1.165, 1.54) is 7.11 Å². The first-order valence-corrected chi connectivity index (χ1v) is 5.49. The third-order valence-electron chi connectivity index (χ3n) is 2.89. The Kier molecular flexibility index (Phi) is 4.30. The second-order valence-corrected chi connectivity index (χ2v) is 3.97. The number of carbonyl (C=O) groups excluding carboxylic acids is 1. The molecule has 0 saturated carbocycles. The third-order valence-corrected chi connectivity index (χ3v) is 2.89. The van der Waals surface area contributed by atoms with E-state index in [4.69, 9.17) is 11.2 Å². The number of hydrogen-bond donors (Lipinski definition) is 1. The highest BCUT2D eigenvalue weighted by molar-refractivity contribution is 5.97. The molecule has 1 amide bonds. The smallest absolute Gasteiger partial charge is 0.256 e. The number of rotatable bonds is 4. The van der Waals surface area contributed by atoms with Gasteiger partial charge in [-0.15, -0.1) is 6.42 Å². The van der Waals surface area contributed by atoms with Crippen LogP contribution in [0.4, 0.5) is 5.69 Å². The van der Waals surface area contributed by atoms with Crippen molar-refractivity contribution < 1.29 is 9.53 Å². The number of methoxy groups -OCH3 is 1. The van der Waals surface area contributed by atoms with Crippen LogP contribution in [0.2, 0.25) is 0 Å². The van der Waals surface area contributed by atoms with E-state index in [-0.39, 0.29) is 5.91 Å². The Bertz CT molecular complexity index is 442. The van der Waals surface area contributed by atoms with E-state index in [2.05, 4.69) is 11.2 Å². The highest BCUT2D eigenvalue weighted by Gasteiger charge is 2.30. The van der Waals surface area contributed by atoms with Gasteiger partial charge in [0, 0.05) is 18.4 Å². The number of anilines is 1. The lowest BCUT2D eigenvalue weighted by atomic mass is 10.0. The number of hydrogen-bond acceptors (Lipinski definition) is 2. The molecule has 0 aliphatic heterocycles. The molecule has 3 heteroatoms. The summed E-state index contributed by atoms with van der Waals surface area (Å²) in [5.41, 5.74) is 0.604. The van der Waals surface area contributed by atoms with Crippen LogP contribution in [0, 0.1) is 12.3 Å². The molecule has 17 heavy (non-hydrogen) atoms. The highest BCUT2D eigenvalue weighted by atomic mass is 16.5. The molecule has 0 aromatic heterocycles. The van der Waals surface area contributed by atoms with Gasteiger partial charge >= 0.3 is 0 Å². The normalized spacial score (nSPS) is 13.5. The van der Waals surface area contributed by atoms with Gasteiger partial charge in [0.25, 0.3) is 5.91 Å². The van der Waals surface area contributed by atoms with E-state index < -0.39 is 5.60 Å². The molecule has 0 spiro atoms. The Hall–Kier alpha value is -1.79. The van der Waals surface area contributed by atoms with Crippen LogP contribution >= 0.6 is 0 Å². The summed E-state index contributed by atoms with van der Waals surface area (Å²) in [5.74, 6) is 2.36. The van der Waals surface area contributed by atoms with E-state index in [0.29, 0.717) is 12.1 Å². The fraction of sp³-hybridized carbons (Fsp3) is 0.357. The standard InChI is InChI=1S/C14H17NO2/c1-5-11-8-7-9-12(10-11)15-13(16)14(3,6-2)17-4/h1,7-10H,6H2,2-4H3,(H,15,16). The Morgan fingerprint density at radius 2 is 2.29 bits per heavy atom. The van der Waals surface area contributed by atoms with Gasteiger partial charge in [-0.05, 0) is 31.5 Å². The number of ether oxygens (including phenoxy) is 1. The molecular formula is C14H17NO2. The van der Waals surface area contributed by atoms with Gasteiger partial charge in [-0.2, -0.15) is 0 Å². The van der Waals surface area contributed by atoms with E-state index >= 15 is 0 Å². The Balaban J connectivity index is 2.85. The molecular weight excluding hydrogens is 214 g/mol. The van der Waals surface area contributed by atoms with Crippen molar-refractivity contribution in [2.75, 3.05) is 12.4 Å². The zero-order chi connectivity index (χ0) is 12.9. The van der Waals surface area contributed by atoms with Gasteiger partial charge in [0.2, 0.25) is 0 Å². The molecule has 1 rings (SSSR count). The molecule has 0 bridgehead atoms. The van der Waals surface area contributed by atoms with Gasteiger partial charge in [-0.3, -0.25) is 4.79 Å². The quantitative estimate of drug-likeness (QED) is 0.808. The lowest BCUT2D eigenvalue weighted by Crippen LogP contribution is -2.41. The second kappa shape index (κ2) is 5.51. The van der Waals surface area contributed by atoms with Crippen molar-refractivity contribution in [1.82, 2.24) is 0 Å². The maximum absolute atomic E-state index is 12.0. The maximum Gasteiger partial charge on any atom is 0.256 e. The van der Waals surface area contributed by atoms with Crippen LogP contribution in [-0.2, 0) is 9.53 Å². The summed E-state index contributed by atoms with van der Waals surface area (Å²) in [6.07, 6.45) is 5.90. The lowest BCUT2D eigenvalue weighted by molar-refractivity contribution is -0.136. The zero-order valence-corrected chi connectivity index (χ0v) is 10.4. The van der Waals surface area contributed by atoms with E-state index in [0.717, 1.165) is 5.56 Å². The SMILES string of the molecule is C#Cc1cccc(NC(=O)C(C)(CC)OC)c1. The molecule has 1 unspecified atom stereocenters. The lowest BCUT2D eigenvalue weighted by Gasteiger charge is -2.25. The van der Waals surface area contributed by atoms with E-state index in [1.54, 1.807) is 25.1 Å². The predicted octanol–water partition coefficient (Wildman–Crippen LogP) is 2.42. The van der Waals surface area contributed by atoms with Gasteiger partial charge in [0.05, 0.1) is 0 Å². The van der Waals surface area contributed by atoms with Crippen LogP contribution in [0.15, 0.2) is 24.3 Å². The summed E-state index contributed by atoms with van der Waals surface area (Å²) in [6.45, 7) is 3.66. The Morgan fingerprint density at radius 1 is 1.59 bits per heavy atom. The molecule has 0 aliphatic carbocycles. The van der Waals surface area contributed by atoms with Crippen LogP contribution in [0.3, 0.4) is 0 Å². The molecule has 1 aromatic carbocycles. The molecule has 90 valence electrons. The van der Waals surface area contributed by atoms with E-state index in [1.807, 2.05) is 13.0 Å². The first-order chi connectivity index (χ1) is 8.05. The molecule has 0 saturated heterocycles. The molecule has 1 N–H and O–H groups in total. The summed E-state index contributed by atoms with van der Waals surface area (Å²) in [6, 6.07) is 7.17. The minimum absolute atomic E-state index is 0.170.